The summed E-state index contributed by atoms with van der Waals surface area (Å²) in [5, 5.41) is 7.26. The van der Waals surface area contributed by atoms with Gasteiger partial charge in [0.15, 0.2) is 16.3 Å². The summed E-state index contributed by atoms with van der Waals surface area (Å²) in [4.78, 5) is 40.5. The highest BCUT2D eigenvalue weighted by Gasteiger charge is 2.18. The Labute approximate surface area is 152 Å². The van der Waals surface area contributed by atoms with Crippen molar-refractivity contribution in [2.45, 2.75) is 19.2 Å². The molecular formula is C15H20N6O4S. The van der Waals surface area contributed by atoms with E-state index in [-0.39, 0.29) is 35.2 Å². The van der Waals surface area contributed by atoms with Crippen LogP contribution in [0.1, 0.15) is 12.7 Å². The molecule has 0 aliphatic heterocycles. The average Bonchev–Trinajstić information content (AvgIpc) is 2.95. The molecule has 0 aliphatic rings. The molecule has 10 nitrogen and oxygen atoms in total. The first-order valence-electron chi connectivity index (χ1n) is 7.73. The fourth-order valence-electron chi connectivity index (χ4n) is 2.39. The van der Waals surface area contributed by atoms with Crippen LogP contribution in [0.25, 0.3) is 11.2 Å². The molecule has 11 heteroatoms. The van der Waals surface area contributed by atoms with Crippen LogP contribution in [0.4, 0.5) is 0 Å². The second-order valence-electron chi connectivity index (χ2n) is 5.32. The maximum absolute atomic E-state index is 12.6. The highest BCUT2D eigenvalue weighted by atomic mass is 32.2. The molecule has 0 aliphatic carbocycles. The number of aryl methyl sites for hydroxylation is 1. The Morgan fingerprint density at radius 3 is 2.65 bits per heavy atom. The van der Waals surface area contributed by atoms with Gasteiger partial charge in [-0.2, -0.15) is 0 Å². The third-order valence-corrected chi connectivity index (χ3v) is 4.33. The van der Waals surface area contributed by atoms with E-state index in [0.717, 1.165) is 16.3 Å². The second-order valence-corrected chi connectivity index (χ2v) is 6.34. The van der Waals surface area contributed by atoms with Gasteiger partial charge in [-0.05, 0) is 6.92 Å². The van der Waals surface area contributed by atoms with Crippen molar-refractivity contribution in [3.05, 3.63) is 38.8 Å². The van der Waals surface area contributed by atoms with Crippen LogP contribution >= 0.6 is 11.8 Å². The summed E-state index contributed by atoms with van der Waals surface area (Å²) in [7, 11) is 2.91. The highest BCUT2D eigenvalue weighted by molar-refractivity contribution is 8.13. The number of thioether (sulfide) groups is 1. The number of esters is 1. The van der Waals surface area contributed by atoms with E-state index >= 15 is 0 Å². The summed E-state index contributed by atoms with van der Waals surface area (Å²) in [6, 6.07) is 0. The molecule has 2 aromatic heterocycles. The molecule has 0 unspecified atom stereocenters. The van der Waals surface area contributed by atoms with Gasteiger partial charge < -0.3 is 15.0 Å². The molecular weight excluding hydrogens is 360 g/mol. The lowest BCUT2D eigenvalue weighted by Gasteiger charge is -2.07. The lowest BCUT2D eigenvalue weighted by Crippen LogP contribution is -2.37. The van der Waals surface area contributed by atoms with Gasteiger partial charge in [-0.25, -0.2) is 14.6 Å². The molecule has 0 saturated heterocycles. The third kappa shape index (κ3) is 3.87. The van der Waals surface area contributed by atoms with Crippen LogP contribution < -0.4 is 17.0 Å². The molecule has 26 heavy (non-hydrogen) atoms. The molecule has 0 atom stereocenters. The highest BCUT2D eigenvalue weighted by Crippen LogP contribution is 2.16. The SMILES string of the molecule is CCOC(=O)/C=C/Cn1c(CSC(=N)N)nc2c1c(=O)n(C)c(=O)n2C. The number of carbonyl (C=O) groups is 1. The van der Waals surface area contributed by atoms with Gasteiger partial charge >= 0.3 is 11.7 Å². The first kappa shape index (κ1) is 19.5. The minimum atomic E-state index is -0.489. The Morgan fingerprint density at radius 1 is 1.35 bits per heavy atom. The predicted octanol–water partition coefficient (Wildman–Crippen LogP) is -0.320. The van der Waals surface area contributed by atoms with Crippen molar-refractivity contribution < 1.29 is 9.53 Å². The topological polar surface area (TPSA) is 138 Å². The van der Waals surface area contributed by atoms with E-state index in [2.05, 4.69) is 4.98 Å². The number of carbonyl (C=O) groups excluding carboxylic acids is 1. The van der Waals surface area contributed by atoms with Gasteiger partial charge in [0.2, 0.25) is 0 Å². The smallest absolute Gasteiger partial charge is 0.332 e. The van der Waals surface area contributed by atoms with Crippen LogP contribution in [0.5, 0.6) is 0 Å². The van der Waals surface area contributed by atoms with E-state index < -0.39 is 17.2 Å². The van der Waals surface area contributed by atoms with Gasteiger partial charge in [0.25, 0.3) is 5.56 Å². The molecule has 3 N–H and O–H groups in total. The fourth-order valence-corrected chi connectivity index (χ4v) is 2.89. The first-order chi connectivity index (χ1) is 12.3. The number of hydrogen-bond donors (Lipinski definition) is 2. The van der Waals surface area contributed by atoms with Crippen molar-refractivity contribution in [3.8, 4) is 0 Å². The fraction of sp³-hybridized carbons (Fsp3) is 0.400. The van der Waals surface area contributed by atoms with Gasteiger partial charge in [0.1, 0.15) is 5.82 Å². The normalized spacial score (nSPS) is 11.3. The van der Waals surface area contributed by atoms with Gasteiger partial charge in [-0.3, -0.25) is 19.3 Å². The molecule has 0 fully saturated rings. The number of aromatic nitrogens is 4. The summed E-state index contributed by atoms with van der Waals surface area (Å²) < 4.78 is 8.70. The van der Waals surface area contributed by atoms with Crippen LogP contribution in [0, 0.1) is 5.41 Å². The Balaban J connectivity index is 2.58. The van der Waals surface area contributed by atoms with Crippen molar-refractivity contribution in [3.63, 3.8) is 0 Å². The zero-order valence-electron chi connectivity index (χ0n) is 14.7. The van der Waals surface area contributed by atoms with Crippen LogP contribution in [0.3, 0.4) is 0 Å². The summed E-state index contributed by atoms with van der Waals surface area (Å²) in [6.07, 6.45) is 2.81. The molecule has 0 radical (unpaired) electrons. The summed E-state index contributed by atoms with van der Waals surface area (Å²) >= 11 is 1.05. The number of nitrogens with one attached hydrogen (secondary N) is 1. The van der Waals surface area contributed by atoms with Crippen molar-refractivity contribution in [1.29, 1.82) is 5.41 Å². The zero-order chi connectivity index (χ0) is 19.4. The third-order valence-electron chi connectivity index (χ3n) is 3.61. The maximum Gasteiger partial charge on any atom is 0.332 e. The van der Waals surface area contributed by atoms with E-state index in [1.165, 1.54) is 24.7 Å². The average molecular weight is 380 g/mol. The summed E-state index contributed by atoms with van der Waals surface area (Å²) in [5.74, 6) is 0.220. The number of nitrogens with zero attached hydrogens (tertiary/aromatic N) is 4. The number of fused-ring (bicyclic) bond motifs is 1. The molecule has 0 bridgehead atoms. The number of rotatable bonds is 6. The zero-order valence-corrected chi connectivity index (χ0v) is 15.5. The number of amidine groups is 1. The van der Waals surface area contributed by atoms with Gasteiger partial charge in [-0.15, -0.1) is 0 Å². The summed E-state index contributed by atoms with van der Waals surface area (Å²) in [5.41, 5.74) is 4.88. The minimum absolute atomic E-state index is 0.0903. The molecule has 2 rings (SSSR count). The maximum atomic E-state index is 12.6. The number of ether oxygens (including phenoxy) is 1. The van der Waals surface area contributed by atoms with Gasteiger partial charge in [0, 0.05) is 26.7 Å². The number of hydrogen-bond acceptors (Lipinski definition) is 7. The number of allylic oxidation sites excluding steroid dienone is 1. The van der Waals surface area contributed by atoms with Crippen molar-refractivity contribution in [2.75, 3.05) is 6.61 Å². The van der Waals surface area contributed by atoms with Crippen LogP contribution in [0.2, 0.25) is 0 Å². The Morgan fingerprint density at radius 2 is 2.04 bits per heavy atom. The molecule has 140 valence electrons. The Kier molecular flexibility index (Phi) is 6.03. The van der Waals surface area contributed by atoms with E-state index in [1.54, 1.807) is 17.6 Å². The van der Waals surface area contributed by atoms with Gasteiger partial charge in [-0.1, -0.05) is 17.8 Å². The standard InChI is InChI=1S/C15H20N6O4S/c1-4-25-10(22)6-5-7-21-9(8-26-14(16)17)18-12-11(21)13(23)20(3)15(24)19(12)2/h5-6H,4,7-8H2,1-3H3,(H3,16,17)/b6-5+. The van der Waals surface area contributed by atoms with Crippen molar-refractivity contribution >= 4 is 34.1 Å². The Hall–Kier alpha value is -2.82. The molecule has 0 spiro atoms. The van der Waals surface area contributed by atoms with E-state index in [9.17, 15) is 14.4 Å². The molecule has 0 saturated carbocycles. The lowest BCUT2D eigenvalue weighted by atomic mass is 10.4. The Bertz CT molecular complexity index is 1000. The molecule has 2 aromatic rings. The molecule has 0 aromatic carbocycles. The predicted molar refractivity (Wildman–Crippen MR) is 99.2 cm³/mol. The largest absolute Gasteiger partial charge is 0.463 e. The van der Waals surface area contributed by atoms with E-state index in [1.807, 2.05) is 0 Å². The second kappa shape index (κ2) is 8.04. The first-order valence-corrected chi connectivity index (χ1v) is 8.71. The minimum Gasteiger partial charge on any atom is -0.463 e. The van der Waals surface area contributed by atoms with Crippen LogP contribution in [-0.4, -0.2) is 36.4 Å². The van der Waals surface area contributed by atoms with Crippen molar-refractivity contribution in [2.24, 2.45) is 19.8 Å². The van der Waals surface area contributed by atoms with E-state index in [0.29, 0.717) is 5.82 Å². The number of imidazole rings is 1. The summed E-state index contributed by atoms with van der Waals surface area (Å²) in [6.45, 7) is 2.15. The quantitative estimate of drug-likeness (QED) is 0.303. The molecule has 0 amide bonds. The van der Waals surface area contributed by atoms with Crippen molar-refractivity contribution in [1.82, 2.24) is 18.7 Å². The van der Waals surface area contributed by atoms with E-state index in [4.69, 9.17) is 15.9 Å². The monoisotopic (exact) mass is 380 g/mol. The van der Waals surface area contributed by atoms with Gasteiger partial charge in [0.05, 0.1) is 12.4 Å². The number of nitrogens with two attached hydrogens (primary N) is 1. The van der Waals surface area contributed by atoms with Crippen LogP contribution in [0.15, 0.2) is 21.7 Å². The lowest BCUT2D eigenvalue weighted by molar-refractivity contribution is -0.137. The van der Waals surface area contributed by atoms with Crippen LogP contribution in [-0.2, 0) is 35.9 Å². The molecule has 2 heterocycles.